The van der Waals surface area contributed by atoms with Crippen LogP contribution in [0.2, 0.25) is 0 Å². The molecule has 0 fully saturated rings. The van der Waals surface area contributed by atoms with Crippen LogP contribution in [-0.2, 0) is 14.3 Å². The van der Waals surface area contributed by atoms with Crippen LogP contribution in [0.25, 0.3) is 0 Å². The molecule has 0 rings (SSSR count). The van der Waals surface area contributed by atoms with Crippen molar-refractivity contribution in [1.82, 2.24) is 0 Å². The fraction of sp³-hybridized carbons (Fsp3) is 0.917. The molecule has 0 aromatic rings. The summed E-state index contributed by atoms with van der Waals surface area (Å²) < 4.78 is 10.7. The summed E-state index contributed by atoms with van der Waals surface area (Å²) in [5.74, 6) is 0.197. The molecule has 1 unspecified atom stereocenters. The standard InChI is InChI=1S/C12H24O3/c1-9(2)7-11(13)15-10(3)8-14-12(4,5)6/h9-10H,7-8H2,1-6H3. The second kappa shape index (κ2) is 6.11. The minimum absolute atomic E-state index is 0.144. The molecule has 0 aromatic carbocycles. The van der Waals surface area contributed by atoms with Crippen molar-refractivity contribution in [2.45, 2.75) is 59.7 Å². The Hall–Kier alpha value is -0.570. The summed E-state index contributed by atoms with van der Waals surface area (Å²) in [6.45, 7) is 12.2. The number of carbonyl (C=O) groups is 1. The van der Waals surface area contributed by atoms with Gasteiger partial charge in [-0.05, 0) is 33.6 Å². The molecule has 0 N–H and O–H groups in total. The topological polar surface area (TPSA) is 35.5 Å². The summed E-state index contributed by atoms with van der Waals surface area (Å²) >= 11 is 0. The lowest BCUT2D eigenvalue weighted by molar-refractivity contribution is -0.154. The first kappa shape index (κ1) is 14.4. The predicted molar refractivity (Wildman–Crippen MR) is 60.7 cm³/mol. The van der Waals surface area contributed by atoms with E-state index in [1.165, 1.54) is 0 Å². The van der Waals surface area contributed by atoms with Gasteiger partial charge in [-0.15, -0.1) is 0 Å². The van der Waals surface area contributed by atoms with Crippen LogP contribution in [0.15, 0.2) is 0 Å². The number of carbonyl (C=O) groups excluding carboxylic acids is 1. The molecule has 0 aliphatic heterocycles. The quantitative estimate of drug-likeness (QED) is 0.663. The van der Waals surface area contributed by atoms with Crippen LogP contribution in [0.5, 0.6) is 0 Å². The lowest BCUT2D eigenvalue weighted by Gasteiger charge is -2.22. The zero-order valence-corrected chi connectivity index (χ0v) is 10.8. The van der Waals surface area contributed by atoms with E-state index in [9.17, 15) is 4.79 Å². The average Bonchev–Trinajstić information content (AvgIpc) is 1.97. The maximum absolute atomic E-state index is 11.3. The predicted octanol–water partition coefficient (Wildman–Crippen LogP) is 2.78. The monoisotopic (exact) mass is 216 g/mol. The smallest absolute Gasteiger partial charge is 0.306 e. The van der Waals surface area contributed by atoms with Crippen molar-refractivity contribution in [1.29, 1.82) is 0 Å². The van der Waals surface area contributed by atoms with Gasteiger partial charge in [0.2, 0.25) is 0 Å². The van der Waals surface area contributed by atoms with Crippen molar-refractivity contribution in [3.63, 3.8) is 0 Å². The summed E-state index contributed by atoms with van der Waals surface area (Å²) in [5, 5.41) is 0. The van der Waals surface area contributed by atoms with E-state index in [1.807, 2.05) is 41.5 Å². The highest BCUT2D eigenvalue weighted by atomic mass is 16.6. The van der Waals surface area contributed by atoms with E-state index < -0.39 is 0 Å². The highest BCUT2D eigenvalue weighted by Crippen LogP contribution is 2.09. The molecule has 0 aliphatic carbocycles. The first-order valence-corrected chi connectivity index (χ1v) is 5.54. The van der Waals surface area contributed by atoms with Gasteiger partial charge < -0.3 is 9.47 Å². The Morgan fingerprint density at radius 1 is 1.20 bits per heavy atom. The van der Waals surface area contributed by atoms with Gasteiger partial charge in [-0.3, -0.25) is 4.79 Å². The Bertz CT molecular complexity index is 192. The molecule has 0 saturated carbocycles. The fourth-order valence-electron chi connectivity index (χ4n) is 1.01. The summed E-state index contributed by atoms with van der Waals surface area (Å²) in [6, 6.07) is 0. The van der Waals surface area contributed by atoms with Gasteiger partial charge >= 0.3 is 5.97 Å². The molecule has 15 heavy (non-hydrogen) atoms. The van der Waals surface area contributed by atoms with Gasteiger partial charge in [0, 0.05) is 6.42 Å². The van der Waals surface area contributed by atoms with Crippen LogP contribution in [-0.4, -0.2) is 24.3 Å². The van der Waals surface area contributed by atoms with Gasteiger partial charge in [-0.25, -0.2) is 0 Å². The lowest BCUT2D eigenvalue weighted by Crippen LogP contribution is -2.28. The molecule has 3 heteroatoms. The van der Waals surface area contributed by atoms with Gasteiger partial charge in [0.05, 0.1) is 12.2 Å². The maximum Gasteiger partial charge on any atom is 0.306 e. The van der Waals surface area contributed by atoms with E-state index in [2.05, 4.69) is 0 Å². The number of ether oxygens (including phenoxy) is 2. The van der Waals surface area contributed by atoms with Crippen LogP contribution >= 0.6 is 0 Å². The molecular formula is C12H24O3. The maximum atomic E-state index is 11.3. The van der Waals surface area contributed by atoms with Gasteiger partial charge in [-0.1, -0.05) is 13.8 Å². The van der Waals surface area contributed by atoms with Crippen molar-refractivity contribution in [3.8, 4) is 0 Å². The third-order valence-corrected chi connectivity index (χ3v) is 1.66. The van der Waals surface area contributed by atoms with E-state index in [-0.39, 0.29) is 17.7 Å². The Kier molecular flexibility index (Phi) is 5.88. The molecular weight excluding hydrogens is 192 g/mol. The molecule has 0 bridgehead atoms. The number of hydrogen-bond acceptors (Lipinski definition) is 3. The molecule has 0 spiro atoms. The van der Waals surface area contributed by atoms with Crippen LogP contribution in [0, 0.1) is 5.92 Å². The van der Waals surface area contributed by atoms with Crippen molar-refractivity contribution in [3.05, 3.63) is 0 Å². The molecule has 0 radical (unpaired) electrons. The first-order chi connectivity index (χ1) is 6.70. The van der Waals surface area contributed by atoms with Gasteiger partial charge in [-0.2, -0.15) is 0 Å². The highest BCUT2D eigenvalue weighted by Gasteiger charge is 2.15. The van der Waals surface area contributed by atoms with Gasteiger partial charge in [0.1, 0.15) is 6.10 Å². The molecule has 0 heterocycles. The fourth-order valence-corrected chi connectivity index (χ4v) is 1.01. The first-order valence-electron chi connectivity index (χ1n) is 5.54. The van der Waals surface area contributed by atoms with Crippen molar-refractivity contribution >= 4 is 5.97 Å². The molecule has 0 aromatic heterocycles. The molecule has 0 aliphatic rings. The lowest BCUT2D eigenvalue weighted by atomic mass is 10.1. The second-order valence-corrected chi connectivity index (χ2v) is 5.32. The van der Waals surface area contributed by atoms with Crippen molar-refractivity contribution < 1.29 is 14.3 Å². The normalized spacial score (nSPS) is 14.1. The number of esters is 1. The third kappa shape index (κ3) is 9.73. The molecule has 0 amide bonds. The van der Waals surface area contributed by atoms with Crippen LogP contribution in [0.4, 0.5) is 0 Å². The van der Waals surface area contributed by atoms with Crippen LogP contribution in [0.3, 0.4) is 0 Å². The van der Waals surface area contributed by atoms with E-state index in [0.717, 1.165) is 0 Å². The summed E-state index contributed by atoms with van der Waals surface area (Å²) in [7, 11) is 0. The minimum atomic E-state index is -0.182. The Morgan fingerprint density at radius 2 is 1.73 bits per heavy atom. The Labute approximate surface area is 93.1 Å². The van der Waals surface area contributed by atoms with E-state index in [1.54, 1.807) is 0 Å². The average molecular weight is 216 g/mol. The SMILES string of the molecule is CC(C)CC(=O)OC(C)COC(C)(C)C. The van der Waals surface area contributed by atoms with Crippen molar-refractivity contribution in [2.75, 3.05) is 6.61 Å². The van der Waals surface area contributed by atoms with Gasteiger partial charge in [0.25, 0.3) is 0 Å². The minimum Gasteiger partial charge on any atom is -0.460 e. The number of hydrogen-bond donors (Lipinski definition) is 0. The zero-order chi connectivity index (χ0) is 12.1. The molecule has 1 atom stereocenters. The van der Waals surface area contributed by atoms with Crippen molar-refractivity contribution in [2.24, 2.45) is 5.92 Å². The van der Waals surface area contributed by atoms with Gasteiger partial charge in [0.15, 0.2) is 0 Å². The molecule has 90 valence electrons. The summed E-state index contributed by atoms with van der Waals surface area (Å²) in [4.78, 5) is 11.3. The molecule has 0 saturated heterocycles. The zero-order valence-electron chi connectivity index (χ0n) is 10.8. The largest absolute Gasteiger partial charge is 0.460 e. The Balaban J connectivity index is 3.74. The third-order valence-electron chi connectivity index (χ3n) is 1.66. The highest BCUT2D eigenvalue weighted by molar-refractivity contribution is 5.69. The summed E-state index contributed by atoms with van der Waals surface area (Å²) in [6.07, 6.45) is 0.301. The van der Waals surface area contributed by atoms with Crippen LogP contribution < -0.4 is 0 Å². The Morgan fingerprint density at radius 3 is 2.13 bits per heavy atom. The van der Waals surface area contributed by atoms with Crippen LogP contribution in [0.1, 0.15) is 48.0 Å². The van der Waals surface area contributed by atoms with E-state index in [4.69, 9.17) is 9.47 Å². The molecule has 3 nitrogen and oxygen atoms in total. The second-order valence-electron chi connectivity index (χ2n) is 5.32. The van der Waals surface area contributed by atoms with E-state index in [0.29, 0.717) is 18.9 Å². The number of rotatable bonds is 5. The summed E-state index contributed by atoms with van der Waals surface area (Å²) in [5.41, 5.74) is -0.182. The van der Waals surface area contributed by atoms with E-state index >= 15 is 0 Å².